The molecule has 6 nitrogen and oxygen atoms in total. The van der Waals surface area contributed by atoms with E-state index in [0.29, 0.717) is 5.76 Å². The van der Waals surface area contributed by atoms with Gasteiger partial charge in [-0.15, -0.1) is 0 Å². The van der Waals surface area contributed by atoms with Crippen molar-refractivity contribution in [1.29, 1.82) is 0 Å². The molecule has 1 aromatic carbocycles. The van der Waals surface area contributed by atoms with Crippen LogP contribution in [0, 0.1) is 0 Å². The Morgan fingerprint density at radius 2 is 2.04 bits per heavy atom. The van der Waals surface area contributed by atoms with E-state index in [0.717, 1.165) is 5.56 Å². The Balaban J connectivity index is 2.02. The van der Waals surface area contributed by atoms with E-state index in [1.54, 1.807) is 6.92 Å². The van der Waals surface area contributed by atoms with Gasteiger partial charge in [0.2, 0.25) is 0 Å². The molecule has 23 heavy (non-hydrogen) atoms. The monoisotopic (exact) mass is 318 g/mol. The first kappa shape index (κ1) is 15.7. The number of benzene rings is 1. The lowest BCUT2D eigenvalue weighted by Gasteiger charge is -2.11. The van der Waals surface area contributed by atoms with Gasteiger partial charge in [-0.3, -0.25) is 0 Å². The lowest BCUT2D eigenvalue weighted by molar-refractivity contribution is 0.0123. The molecule has 122 valence electrons. The molecule has 3 rings (SSSR count). The van der Waals surface area contributed by atoms with Crippen molar-refractivity contribution in [2.45, 2.75) is 25.2 Å². The van der Waals surface area contributed by atoms with Crippen LogP contribution < -0.4 is 0 Å². The van der Waals surface area contributed by atoms with Gasteiger partial charge in [0.05, 0.1) is 13.2 Å². The second-order valence-electron chi connectivity index (χ2n) is 5.29. The summed E-state index contributed by atoms with van der Waals surface area (Å²) in [6.45, 7) is 1.98. The van der Waals surface area contributed by atoms with Crippen LogP contribution in [-0.2, 0) is 9.47 Å². The van der Waals surface area contributed by atoms with Crippen LogP contribution in [0.5, 0.6) is 0 Å². The highest BCUT2D eigenvalue weighted by Gasteiger charge is 2.39. The third-order valence-corrected chi connectivity index (χ3v) is 3.71. The smallest absolute Gasteiger partial charge is 0.342 e. The number of hydrogen-bond donors (Lipinski definition) is 2. The molecule has 0 amide bonds. The molecular weight excluding hydrogens is 300 g/mol. The first-order valence-corrected chi connectivity index (χ1v) is 7.45. The number of esters is 1. The standard InChI is InChI=1S/C17H18O6/c1-2-21-17(20)11-8-13(16-14(19)12(18)9-22-16)23-15(11)10-6-4-3-5-7-10/h3-8,12,14,16,18-19H,2,9H2,1H3/t12-,14-,16+/m1/s1. The quantitative estimate of drug-likeness (QED) is 0.837. The van der Waals surface area contributed by atoms with Crippen molar-refractivity contribution in [3.63, 3.8) is 0 Å². The maximum absolute atomic E-state index is 12.2. The lowest BCUT2D eigenvalue weighted by atomic mass is 10.1. The van der Waals surface area contributed by atoms with E-state index in [4.69, 9.17) is 13.9 Å². The van der Waals surface area contributed by atoms with Crippen molar-refractivity contribution in [2.75, 3.05) is 13.2 Å². The molecular formula is C17H18O6. The highest BCUT2D eigenvalue weighted by Crippen LogP contribution is 2.36. The van der Waals surface area contributed by atoms with Gasteiger partial charge in [0.25, 0.3) is 0 Å². The minimum atomic E-state index is -1.10. The minimum absolute atomic E-state index is 0.0158. The van der Waals surface area contributed by atoms with Gasteiger partial charge in [-0.2, -0.15) is 0 Å². The molecule has 0 bridgehead atoms. The predicted molar refractivity (Wildman–Crippen MR) is 80.8 cm³/mol. The van der Waals surface area contributed by atoms with Gasteiger partial charge in [-0.05, 0) is 13.0 Å². The first-order chi connectivity index (χ1) is 11.1. The highest BCUT2D eigenvalue weighted by molar-refractivity contribution is 5.96. The van der Waals surface area contributed by atoms with Gasteiger partial charge in [-0.25, -0.2) is 4.79 Å². The van der Waals surface area contributed by atoms with Crippen molar-refractivity contribution < 1.29 is 28.9 Å². The van der Waals surface area contributed by atoms with E-state index in [1.807, 2.05) is 30.3 Å². The van der Waals surface area contributed by atoms with Crippen LogP contribution in [-0.4, -0.2) is 41.6 Å². The van der Waals surface area contributed by atoms with Crippen LogP contribution in [0.15, 0.2) is 40.8 Å². The van der Waals surface area contributed by atoms with Gasteiger partial charge in [0.1, 0.15) is 35.4 Å². The van der Waals surface area contributed by atoms with Gasteiger partial charge in [-0.1, -0.05) is 30.3 Å². The topological polar surface area (TPSA) is 89.1 Å². The number of aliphatic hydroxyl groups is 2. The van der Waals surface area contributed by atoms with Crippen LogP contribution >= 0.6 is 0 Å². The summed E-state index contributed by atoms with van der Waals surface area (Å²) >= 11 is 0. The van der Waals surface area contributed by atoms with E-state index in [9.17, 15) is 15.0 Å². The van der Waals surface area contributed by atoms with Gasteiger partial charge in [0.15, 0.2) is 0 Å². The molecule has 0 radical (unpaired) electrons. The van der Waals surface area contributed by atoms with Crippen LogP contribution in [0.4, 0.5) is 0 Å². The molecule has 0 spiro atoms. The van der Waals surface area contributed by atoms with E-state index in [1.165, 1.54) is 6.07 Å². The largest absolute Gasteiger partial charge is 0.462 e. The summed E-state index contributed by atoms with van der Waals surface area (Å²) in [7, 11) is 0. The summed E-state index contributed by atoms with van der Waals surface area (Å²) < 4.78 is 16.2. The summed E-state index contributed by atoms with van der Waals surface area (Å²) in [6.07, 6.45) is -2.88. The van der Waals surface area contributed by atoms with Gasteiger partial charge >= 0.3 is 5.97 Å². The number of furan rings is 1. The maximum atomic E-state index is 12.2. The molecule has 1 fully saturated rings. The van der Waals surface area contributed by atoms with Crippen molar-refractivity contribution in [3.05, 3.63) is 47.7 Å². The zero-order valence-electron chi connectivity index (χ0n) is 12.6. The van der Waals surface area contributed by atoms with Crippen LogP contribution in [0.3, 0.4) is 0 Å². The summed E-state index contributed by atoms with van der Waals surface area (Å²) in [5, 5.41) is 19.6. The molecule has 6 heteroatoms. The Hall–Kier alpha value is -2.15. The second-order valence-corrected chi connectivity index (χ2v) is 5.29. The van der Waals surface area contributed by atoms with Crippen molar-refractivity contribution in [3.8, 4) is 11.3 Å². The predicted octanol–water partition coefficient (Wildman–Crippen LogP) is 1.92. The first-order valence-electron chi connectivity index (χ1n) is 7.45. The summed E-state index contributed by atoms with van der Waals surface area (Å²) in [6, 6.07) is 10.6. The van der Waals surface area contributed by atoms with Gasteiger partial charge < -0.3 is 24.1 Å². The Kier molecular flexibility index (Phi) is 4.47. The summed E-state index contributed by atoms with van der Waals surface area (Å²) in [5.74, 6) is 0.140. The number of hydrogen-bond acceptors (Lipinski definition) is 6. The number of rotatable bonds is 4. The van der Waals surface area contributed by atoms with Crippen LogP contribution in [0.25, 0.3) is 11.3 Å². The number of aliphatic hydroxyl groups excluding tert-OH is 2. The zero-order valence-corrected chi connectivity index (χ0v) is 12.6. The fourth-order valence-electron chi connectivity index (χ4n) is 2.57. The van der Waals surface area contributed by atoms with E-state index < -0.39 is 24.3 Å². The second kappa shape index (κ2) is 6.54. The SMILES string of the molecule is CCOC(=O)c1cc([C@@H]2OC[C@@H](O)[C@H]2O)oc1-c1ccccc1. The fraction of sp³-hybridized carbons (Fsp3) is 0.353. The number of ether oxygens (including phenoxy) is 2. The lowest BCUT2D eigenvalue weighted by Crippen LogP contribution is -2.24. The third-order valence-electron chi connectivity index (χ3n) is 3.71. The molecule has 1 aromatic heterocycles. The summed E-state index contributed by atoms with van der Waals surface area (Å²) in [4.78, 5) is 12.2. The molecule has 0 saturated carbocycles. The molecule has 3 atom stereocenters. The highest BCUT2D eigenvalue weighted by atomic mass is 16.5. The molecule has 1 aliphatic rings. The molecule has 1 aliphatic heterocycles. The number of carbonyl (C=O) groups excluding carboxylic acids is 1. The maximum Gasteiger partial charge on any atom is 0.342 e. The molecule has 2 aromatic rings. The Bertz CT molecular complexity index is 678. The van der Waals surface area contributed by atoms with Crippen molar-refractivity contribution in [1.82, 2.24) is 0 Å². The van der Waals surface area contributed by atoms with Crippen molar-refractivity contribution in [2.24, 2.45) is 0 Å². The molecule has 0 aliphatic carbocycles. The molecule has 0 unspecified atom stereocenters. The zero-order chi connectivity index (χ0) is 16.4. The molecule has 2 N–H and O–H groups in total. The molecule has 2 heterocycles. The average Bonchev–Trinajstić information content (AvgIpc) is 3.13. The third kappa shape index (κ3) is 3.01. The summed E-state index contributed by atoms with van der Waals surface area (Å²) in [5.41, 5.74) is 0.986. The Morgan fingerprint density at radius 3 is 2.65 bits per heavy atom. The van der Waals surface area contributed by atoms with Gasteiger partial charge in [0, 0.05) is 5.56 Å². The number of carbonyl (C=O) groups is 1. The normalized spacial score (nSPS) is 23.9. The molecule has 1 saturated heterocycles. The van der Waals surface area contributed by atoms with Crippen LogP contribution in [0.2, 0.25) is 0 Å². The Labute approximate surface area is 133 Å². The average molecular weight is 318 g/mol. The fourth-order valence-corrected chi connectivity index (χ4v) is 2.57. The van der Waals surface area contributed by atoms with E-state index in [2.05, 4.69) is 0 Å². The van der Waals surface area contributed by atoms with E-state index >= 15 is 0 Å². The van der Waals surface area contributed by atoms with Crippen LogP contribution in [0.1, 0.15) is 29.1 Å². The van der Waals surface area contributed by atoms with Crippen molar-refractivity contribution >= 4 is 5.97 Å². The van der Waals surface area contributed by atoms with E-state index in [-0.39, 0.29) is 24.5 Å². The Morgan fingerprint density at radius 1 is 1.30 bits per heavy atom. The minimum Gasteiger partial charge on any atom is -0.462 e.